The second-order valence-electron chi connectivity index (χ2n) is 11.7. The summed E-state index contributed by atoms with van der Waals surface area (Å²) in [5.74, 6) is -0.163. The number of nitro benzene ring substituents is 1. The summed E-state index contributed by atoms with van der Waals surface area (Å²) in [5, 5.41) is 18.4. The maximum atomic E-state index is 13.0. The number of hydrogen-bond acceptors (Lipinski definition) is 10. The van der Waals surface area contributed by atoms with Gasteiger partial charge >= 0.3 is 17.2 Å². The molecule has 1 atom stereocenters. The molecule has 0 saturated carbocycles. The van der Waals surface area contributed by atoms with Crippen molar-refractivity contribution >= 4 is 33.8 Å². The van der Waals surface area contributed by atoms with Gasteiger partial charge < -0.3 is 13.7 Å². The predicted octanol–water partition coefficient (Wildman–Crippen LogP) is 5.82. The van der Waals surface area contributed by atoms with Crippen LogP contribution < -0.4 is 14.5 Å². The van der Waals surface area contributed by atoms with E-state index in [1.165, 1.54) is 29.8 Å². The van der Waals surface area contributed by atoms with Gasteiger partial charge in [-0.25, -0.2) is 4.79 Å². The maximum Gasteiger partial charge on any atom is 0.344 e. The van der Waals surface area contributed by atoms with Crippen LogP contribution in [0.2, 0.25) is 0 Å². The Labute approximate surface area is 263 Å². The molecule has 1 aromatic heterocycles. The summed E-state index contributed by atoms with van der Waals surface area (Å²) in [6, 6.07) is 15.6. The van der Waals surface area contributed by atoms with Gasteiger partial charge in [0.2, 0.25) is 0 Å². The third-order valence-electron chi connectivity index (χ3n) is 8.07. The first-order valence-electron chi connectivity index (χ1n) is 14.5. The van der Waals surface area contributed by atoms with E-state index in [-0.39, 0.29) is 51.9 Å². The summed E-state index contributed by atoms with van der Waals surface area (Å²) in [5.41, 5.74) is 0.969. The van der Waals surface area contributed by atoms with Gasteiger partial charge in [-0.05, 0) is 58.7 Å². The lowest BCUT2D eigenvalue weighted by Gasteiger charge is -2.30. The summed E-state index contributed by atoms with van der Waals surface area (Å²) in [6.45, 7) is 13.1. The monoisotopic (exact) mass is 636 g/mol. The highest BCUT2D eigenvalue weighted by atomic mass is 32.2. The predicted molar refractivity (Wildman–Crippen MR) is 170 cm³/mol. The molecule has 0 aliphatic heterocycles. The van der Waals surface area contributed by atoms with E-state index < -0.39 is 27.7 Å². The molecule has 4 aromatic rings. The molecule has 12 nitrogen and oxygen atoms in total. The van der Waals surface area contributed by atoms with Gasteiger partial charge in [-0.3, -0.25) is 14.9 Å². The van der Waals surface area contributed by atoms with E-state index in [0.717, 1.165) is 30.2 Å². The Kier molecular flexibility index (Phi) is 10.0. The van der Waals surface area contributed by atoms with Crippen molar-refractivity contribution in [3.63, 3.8) is 0 Å². The fourth-order valence-corrected chi connectivity index (χ4v) is 5.11. The molecule has 1 heterocycles. The second kappa shape index (κ2) is 13.6. The van der Waals surface area contributed by atoms with Gasteiger partial charge in [0.05, 0.1) is 10.3 Å². The largest absolute Gasteiger partial charge is 0.490 e. The van der Waals surface area contributed by atoms with Gasteiger partial charge in [-0.15, -0.1) is 5.10 Å². The Bertz CT molecular complexity index is 1820. The zero-order valence-electron chi connectivity index (χ0n) is 26.1. The third-order valence-corrected chi connectivity index (χ3v) is 8.91. The summed E-state index contributed by atoms with van der Waals surface area (Å²) >= 11 is -2.57. The Morgan fingerprint density at radius 3 is 2.36 bits per heavy atom. The highest BCUT2D eigenvalue weighted by Gasteiger charge is 2.27. The lowest BCUT2D eigenvalue weighted by molar-refractivity contribution is -0.384. The van der Waals surface area contributed by atoms with Crippen molar-refractivity contribution < 1.29 is 27.6 Å². The number of esters is 1. The van der Waals surface area contributed by atoms with Crippen molar-refractivity contribution in [3.05, 3.63) is 97.8 Å². The molecule has 1 unspecified atom stereocenters. The van der Waals surface area contributed by atoms with E-state index >= 15 is 0 Å². The van der Waals surface area contributed by atoms with E-state index in [1.807, 2.05) is 6.07 Å². The number of carbonyl (C=O) groups excluding carboxylic acids is 1. The second-order valence-corrected chi connectivity index (χ2v) is 12.6. The van der Waals surface area contributed by atoms with Crippen LogP contribution in [0.5, 0.6) is 11.5 Å². The number of para-hydroxylation sites is 1. The van der Waals surface area contributed by atoms with Crippen molar-refractivity contribution in [2.45, 2.75) is 65.2 Å². The number of nitrogens with zero attached hydrogens (tertiary/aromatic N) is 4. The van der Waals surface area contributed by atoms with Crippen LogP contribution in [-0.2, 0) is 26.8 Å². The standard InChI is InChI=1S/C32H36N4O8S/c1-7-31(3,4)21-13-16-28(25(19-21)32(5,6)8-2)42-17-18-43-30(38)23-11-9-10-12-27(23)44-45(41)35-29(37)24-20-22(36(39)40)14-15-26(24)33-34-35/h9-16,19-20H,7-8,17-18H2,1-6H3. The summed E-state index contributed by atoms with van der Waals surface area (Å²) in [4.78, 5) is 36.3. The number of rotatable bonds is 13. The minimum absolute atomic E-state index is 0.0150. The number of nitro groups is 1. The van der Waals surface area contributed by atoms with E-state index in [2.05, 4.69) is 64.0 Å². The zero-order chi connectivity index (χ0) is 32.9. The molecule has 0 spiro atoms. The number of ether oxygens (including phenoxy) is 2. The first-order chi connectivity index (χ1) is 21.3. The quantitative estimate of drug-likeness (QED) is 0.0760. The molecule has 45 heavy (non-hydrogen) atoms. The van der Waals surface area contributed by atoms with Crippen molar-refractivity contribution in [1.82, 2.24) is 14.4 Å². The number of carbonyl (C=O) groups is 1. The van der Waals surface area contributed by atoms with Crippen LogP contribution in [0.15, 0.2) is 65.5 Å². The Balaban J connectivity index is 1.46. The van der Waals surface area contributed by atoms with Crippen molar-refractivity contribution in [3.8, 4) is 11.5 Å². The van der Waals surface area contributed by atoms with Gasteiger partial charge in [0, 0.05) is 17.7 Å². The van der Waals surface area contributed by atoms with E-state index in [9.17, 15) is 23.9 Å². The highest BCUT2D eigenvalue weighted by Crippen LogP contribution is 2.38. The lowest BCUT2D eigenvalue weighted by Crippen LogP contribution is -2.29. The van der Waals surface area contributed by atoms with Crippen molar-refractivity contribution in [2.75, 3.05) is 13.2 Å². The summed E-state index contributed by atoms with van der Waals surface area (Å²) < 4.78 is 30.3. The molecule has 0 bridgehead atoms. The van der Waals surface area contributed by atoms with Crippen LogP contribution in [0.3, 0.4) is 0 Å². The van der Waals surface area contributed by atoms with Crippen LogP contribution in [0.25, 0.3) is 10.9 Å². The molecule has 0 radical (unpaired) electrons. The fourth-order valence-electron chi connectivity index (χ4n) is 4.41. The Morgan fingerprint density at radius 1 is 0.956 bits per heavy atom. The zero-order valence-corrected chi connectivity index (χ0v) is 26.9. The summed E-state index contributed by atoms with van der Waals surface area (Å²) in [7, 11) is 0. The molecule has 13 heteroatoms. The van der Waals surface area contributed by atoms with Crippen LogP contribution in [0, 0.1) is 10.1 Å². The molecule has 0 aliphatic carbocycles. The SMILES string of the molecule is CCC(C)(C)c1ccc(OCCOC(=O)c2ccccc2OS(=O)n2nnc3ccc([N+](=O)[O-])cc3c2=O)c(C(C)(C)CC)c1. The Morgan fingerprint density at radius 2 is 1.67 bits per heavy atom. The van der Waals surface area contributed by atoms with Gasteiger partial charge in [0.15, 0.2) is 5.75 Å². The van der Waals surface area contributed by atoms with Crippen molar-refractivity contribution in [1.29, 1.82) is 0 Å². The van der Waals surface area contributed by atoms with Gasteiger partial charge in [-0.1, -0.05) is 69.9 Å². The van der Waals surface area contributed by atoms with Crippen LogP contribution >= 0.6 is 0 Å². The molecule has 0 fully saturated rings. The average molecular weight is 637 g/mol. The van der Waals surface area contributed by atoms with E-state index in [0.29, 0.717) is 4.09 Å². The Hall–Kier alpha value is -4.65. The molecule has 238 valence electrons. The van der Waals surface area contributed by atoms with Crippen LogP contribution in [-0.4, -0.2) is 42.7 Å². The molecular formula is C32H36N4O8S. The molecule has 0 amide bonds. The number of fused-ring (bicyclic) bond motifs is 1. The lowest BCUT2D eigenvalue weighted by atomic mass is 9.76. The summed E-state index contributed by atoms with van der Waals surface area (Å²) in [6.07, 6.45) is 1.90. The van der Waals surface area contributed by atoms with Gasteiger partial charge in [-0.2, -0.15) is 4.21 Å². The van der Waals surface area contributed by atoms with E-state index in [1.54, 1.807) is 12.1 Å². The van der Waals surface area contributed by atoms with Crippen molar-refractivity contribution in [2.24, 2.45) is 0 Å². The third kappa shape index (κ3) is 7.36. The minimum atomic E-state index is -2.57. The van der Waals surface area contributed by atoms with Gasteiger partial charge in [0.1, 0.15) is 30.0 Å². The average Bonchev–Trinajstić information content (AvgIpc) is 3.03. The maximum absolute atomic E-state index is 13.0. The van der Waals surface area contributed by atoms with Crippen LogP contribution in [0.4, 0.5) is 5.69 Å². The molecule has 0 N–H and O–H groups in total. The molecule has 0 saturated heterocycles. The molecule has 0 aliphatic rings. The number of hydrogen-bond donors (Lipinski definition) is 0. The first kappa shape index (κ1) is 33.2. The minimum Gasteiger partial charge on any atom is -0.490 e. The van der Waals surface area contributed by atoms with Gasteiger partial charge in [0.25, 0.3) is 11.2 Å². The fraction of sp³-hybridized carbons (Fsp3) is 0.375. The van der Waals surface area contributed by atoms with E-state index in [4.69, 9.17) is 13.7 Å². The normalized spacial score (nSPS) is 12.5. The number of non-ortho nitro benzene ring substituents is 1. The molecule has 4 rings (SSSR count). The first-order valence-corrected chi connectivity index (χ1v) is 15.5. The smallest absolute Gasteiger partial charge is 0.344 e. The highest BCUT2D eigenvalue weighted by molar-refractivity contribution is 7.78. The molecular weight excluding hydrogens is 600 g/mol. The number of benzene rings is 3. The number of aromatic nitrogens is 3. The topological polar surface area (TPSA) is 153 Å². The molecule has 3 aromatic carbocycles. The van der Waals surface area contributed by atoms with Crippen LogP contribution in [0.1, 0.15) is 75.9 Å².